The van der Waals surface area contributed by atoms with Gasteiger partial charge in [0.1, 0.15) is 23.1 Å². The molecule has 0 aliphatic carbocycles. The average molecular weight is 421 g/mol. The van der Waals surface area contributed by atoms with Crippen molar-refractivity contribution in [3.63, 3.8) is 0 Å². The van der Waals surface area contributed by atoms with E-state index < -0.39 is 35.2 Å². The van der Waals surface area contributed by atoms with Crippen LogP contribution in [0.25, 0.3) is 5.65 Å². The molecule has 1 atom stereocenters. The topological polar surface area (TPSA) is 89.3 Å². The van der Waals surface area contributed by atoms with Crippen LogP contribution in [0.5, 0.6) is 0 Å². The highest BCUT2D eigenvalue weighted by molar-refractivity contribution is 5.71. The summed E-state index contributed by atoms with van der Waals surface area (Å²) in [7, 11) is 0. The molecular formula is C20H28FN5O4. The Morgan fingerprint density at radius 1 is 1.00 bits per heavy atom. The second-order valence-corrected chi connectivity index (χ2v) is 9.25. The Morgan fingerprint density at radius 2 is 1.63 bits per heavy atom. The SMILES string of the molecule is CC(C)(C)OC(=O)N1CCN(C(=O)OC(C)(C)C)C(c2nnc3ccc(F)cn23)C1. The maximum Gasteiger partial charge on any atom is 0.411 e. The number of rotatable bonds is 1. The fourth-order valence-corrected chi connectivity index (χ4v) is 3.15. The Kier molecular flexibility index (Phi) is 5.62. The molecule has 1 saturated heterocycles. The second kappa shape index (κ2) is 7.73. The van der Waals surface area contributed by atoms with Gasteiger partial charge in [-0.05, 0) is 53.7 Å². The van der Waals surface area contributed by atoms with Gasteiger partial charge in [0.2, 0.25) is 0 Å². The predicted molar refractivity (Wildman–Crippen MR) is 106 cm³/mol. The van der Waals surface area contributed by atoms with E-state index in [1.807, 2.05) is 0 Å². The molecule has 0 saturated carbocycles. The Hall–Kier alpha value is -2.91. The van der Waals surface area contributed by atoms with E-state index in [9.17, 15) is 14.0 Å². The summed E-state index contributed by atoms with van der Waals surface area (Å²) in [5.74, 6) is -0.129. The molecule has 2 amide bonds. The van der Waals surface area contributed by atoms with Crippen molar-refractivity contribution in [3.05, 3.63) is 30.0 Å². The fraction of sp³-hybridized carbons (Fsp3) is 0.600. The normalized spacial score (nSPS) is 17.9. The van der Waals surface area contributed by atoms with E-state index >= 15 is 0 Å². The van der Waals surface area contributed by atoms with E-state index in [1.165, 1.54) is 32.5 Å². The number of nitrogens with zero attached hydrogens (tertiary/aromatic N) is 5. The van der Waals surface area contributed by atoms with Gasteiger partial charge in [-0.25, -0.2) is 14.0 Å². The fourth-order valence-electron chi connectivity index (χ4n) is 3.15. The molecule has 164 valence electrons. The molecule has 10 heteroatoms. The lowest BCUT2D eigenvalue weighted by Crippen LogP contribution is -2.54. The molecule has 1 aliphatic heterocycles. The van der Waals surface area contributed by atoms with E-state index in [-0.39, 0.29) is 19.6 Å². The molecule has 9 nitrogen and oxygen atoms in total. The standard InChI is InChI=1S/C20H28FN5O4/c1-19(2,3)29-17(27)24-9-10-25(18(28)30-20(4,5)6)14(12-24)16-23-22-15-8-7-13(21)11-26(15)16/h7-8,11,14H,9-10,12H2,1-6H3. The van der Waals surface area contributed by atoms with Crippen molar-refractivity contribution in [2.24, 2.45) is 0 Å². The largest absolute Gasteiger partial charge is 0.444 e. The van der Waals surface area contributed by atoms with Crippen LogP contribution in [0.15, 0.2) is 18.3 Å². The number of ether oxygens (including phenoxy) is 2. The number of carbonyl (C=O) groups excluding carboxylic acids is 2. The number of hydrogen-bond acceptors (Lipinski definition) is 6. The third-order valence-corrected chi connectivity index (χ3v) is 4.35. The summed E-state index contributed by atoms with van der Waals surface area (Å²) >= 11 is 0. The minimum Gasteiger partial charge on any atom is -0.444 e. The Morgan fingerprint density at radius 3 is 2.27 bits per heavy atom. The lowest BCUT2D eigenvalue weighted by molar-refractivity contribution is -0.0165. The summed E-state index contributed by atoms with van der Waals surface area (Å²) in [6.07, 6.45) is 0.227. The minimum absolute atomic E-state index is 0.117. The number of carbonyl (C=O) groups is 2. The molecule has 0 radical (unpaired) electrons. The van der Waals surface area contributed by atoms with Crippen molar-refractivity contribution in [2.45, 2.75) is 58.8 Å². The zero-order valence-corrected chi connectivity index (χ0v) is 18.2. The molecule has 0 bridgehead atoms. The zero-order chi connectivity index (χ0) is 22.3. The van der Waals surface area contributed by atoms with Crippen molar-refractivity contribution in [2.75, 3.05) is 19.6 Å². The molecule has 1 unspecified atom stereocenters. The molecule has 0 spiro atoms. The molecule has 1 fully saturated rings. The molecule has 0 N–H and O–H groups in total. The van der Waals surface area contributed by atoms with Crippen molar-refractivity contribution in [1.29, 1.82) is 0 Å². The van der Waals surface area contributed by atoms with Crippen LogP contribution in [-0.4, -0.2) is 67.4 Å². The Bertz CT molecular complexity index is 947. The van der Waals surface area contributed by atoms with Crippen LogP contribution in [0.2, 0.25) is 0 Å². The number of piperazine rings is 1. The van der Waals surface area contributed by atoms with Gasteiger partial charge >= 0.3 is 12.2 Å². The van der Waals surface area contributed by atoms with E-state index in [4.69, 9.17) is 9.47 Å². The second-order valence-electron chi connectivity index (χ2n) is 9.25. The van der Waals surface area contributed by atoms with Gasteiger partial charge in [0.05, 0.1) is 6.54 Å². The van der Waals surface area contributed by atoms with Gasteiger partial charge in [0.15, 0.2) is 11.5 Å². The first-order chi connectivity index (χ1) is 13.8. The number of fused-ring (bicyclic) bond motifs is 1. The van der Waals surface area contributed by atoms with Crippen LogP contribution in [0, 0.1) is 5.82 Å². The molecule has 30 heavy (non-hydrogen) atoms. The van der Waals surface area contributed by atoms with Gasteiger partial charge in [-0.1, -0.05) is 0 Å². The van der Waals surface area contributed by atoms with Gasteiger partial charge < -0.3 is 14.4 Å². The predicted octanol–water partition coefficient (Wildman–Crippen LogP) is 3.40. The number of hydrogen-bond donors (Lipinski definition) is 0. The number of halogens is 1. The van der Waals surface area contributed by atoms with Crippen molar-refractivity contribution in [3.8, 4) is 0 Å². The van der Waals surface area contributed by atoms with E-state index in [0.717, 1.165) is 0 Å². The van der Waals surface area contributed by atoms with Crippen LogP contribution in [-0.2, 0) is 9.47 Å². The smallest absolute Gasteiger partial charge is 0.411 e. The lowest BCUT2D eigenvalue weighted by atomic mass is 10.1. The monoisotopic (exact) mass is 421 g/mol. The summed E-state index contributed by atoms with van der Waals surface area (Å²) in [6, 6.07) is 2.10. The van der Waals surface area contributed by atoms with Crippen molar-refractivity contribution >= 4 is 17.8 Å². The van der Waals surface area contributed by atoms with Crippen LogP contribution in [0.3, 0.4) is 0 Å². The number of amides is 2. The maximum absolute atomic E-state index is 13.9. The Labute approximate surface area is 174 Å². The molecule has 1 aliphatic rings. The third kappa shape index (κ3) is 4.98. The highest BCUT2D eigenvalue weighted by atomic mass is 19.1. The summed E-state index contributed by atoms with van der Waals surface area (Å²) < 4.78 is 26.4. The molecular weight excluding hydrogens is 393 g/mol. The third-order valence-electron chi connectivity index (χ3n) is 4.35. The van der Waals surface area contributed by atoms with Crippen LogP contribution in [0.1, 0.15) is 53.4 Å². The van der Waals surface area contributed by atoms with Gasteiger partial charge in [0.25, 0.3) is 0 Å². The first-order valence-electron chi connectivity index (χ1n) is 9.82. The number of pyridine rings is 1. The van der Waals surface area contributed by atoms with Crippen LogP contribution >= 0.6 is 0 Å². The molecule has 3 rings (SSSR count). The van der Waals surface area contributed by atoms with E-state index in [1.54, 1.807) is 41.5 Å². The lowest BCUT2D eigenvalue weighted by Gasteiger charge is -2.41. The van der Waals surface area contributed by atoms with Crippen LogP contribution < -0.4 is 0 Å². The van der Waals surface area contributed by atoms with Crippen LogP contribution in [0.4, 0.5) is 14.0 Å². The van der Waals surface area contributed by atoms with Crippen molar-refractivity contribution in [1.82, 2.24) is 24.4 Å². The average Bonchev–Trinajstić information content (AvgIpc) is 3.01. The Balaban J connectivity index is 1.95. The van der Waals surface area contributed by atoms with E-state index in [2.05, 4.69) is 10.2 Å². The highest BCUT2D eigenvalue weighted by Crippen LogP contribution is 2.28. The molecule has 2 aromatic rings. The zero-order valence-electron chi connectivity index (χ0n) is 18.2. The quantitative estimate of drug-likeness (QED) is 0.701. The molecule has 2 aromatic heterocycles. The minimum atomic E-state index is -0.692. The van der Waals surface area contributed by atoms with E-state index in [0.29, 0.717) is 11.5 Å². The summed E-state index contributed by atoms with van der Waals surface area (Å²) in [5, 5.41) is 8.24. The molecule has 3 heterocycles. The summed E-state index contributed by atoms with van der Waals surface area (Å²) in [5.41, 5.74) is -0.910. The first-order valence-corrected chi connectivity index (χ1v) is 9.82. The van der Waals surface area contributed by atoms with Gasteiger partial charge in [-0.2, -0.15) is 0 Å². The summed E-state index contributed by atoms with van der Waals surface area (Å²) in [6.45, 7) is 11.3. The highest BCUT2D eigenvalue weighted by Gasteiger charge is 2.39. The maximum atomic E-state index is 13.9. The molecule has 0 aromatic carbocycles. The van der Waals surface area contributed by atoms with Gasteiger partial charge in [-0.3, -0.25) is 9.30 Å². The first kappa shape index (κ1) is 21.8. The number of aromatic nitrogens is 3. The van der Waals surface area contributed by atoms with Gasteiger partial charge in [-0.15, -0.1) is 10.2 Å². The van der Waals surface area contributed by atoms with Crippen molar-refractivity contribution < 1.29 is 23.5 Å². The van der Waals surface area contributed by atoms with Gasteiger partial charge in [0, 0.05) is 19.3 Å². The summed E-state index contributed by atoms with van der Waals surface area (Å²) in [4.78, 5) is 28.5.